The van der Waals surface area contributed by atoms with Crippen LogP contribution in [0.5, 0.6) is 0 Å². The van der Waals surface area contributed by atoms with Crippen LogP contribution in [0.2, 0.25) is 0 Å². The molecule has 5 nitrogen and oxygen atoms in total. The molecule has 0 saturated carbocycles. The molecular formula is C15H23NO4. The molecule has 1 saturated heterocycles. The zero-order valence-electron chi connectivity index (χ0n) is 12.6. The normalized spacial score (nSPS) is 19.0. The third-order valence-electron chi connectivity index (χ3n) is 3.51. The predicted molar refractivity (Wildman–Crippen MR) is 74.6 cm³/mol. The van der Waals surface area contributed by atoms with Crippen LogP contribution in [-0.2, 0) is 9.47 Å². The van der Waals surface area contributed by atoms with Crippen molar-refractivity contribution in [2.24, 2.45) is 5.92 Å². The molecule has 5 heteroatoms. The van der Waals surface area contributed by atoms with Gasteiger partial charge < -0.3 is 19.2 Å². The minimum absolute atomic E-state index is 0.0930. The third kappa shape index (κ3) is 3.61. The van der Waals surface area contributed by atoms with Crippen LogP contribution in [-0.4, -0.2) is 31.5 Å². The molecule has 1 aliphatic heterocycles. The van der Waals surface area contributed by atoms with Crippen molar-refractivity contribution >= 4 is 5.91 Å². The second kappa shape index (κ2) is 5.97. The minimum atomic E-state index is -0.508. The van der Waals surface area contributed by atoms with Crippen LogP contribution >= 0.6 is 0 Å². The first-order valence-corrected chi connectivity index (χ1v) is 7.03. The Morgan fingerprint density at radius 1 is 1.40 bits per heavy atom. The highest BCUT2D eigenvalue weighted by Gasteiger charge is 2.32. The molecule has 0 radical (unpaired) electrons. The van der Waals surface area contributed by atoms with Crippen molar-refractivity contribution in [3.8, 4) is 0 Å². The summed E-state index contributed by atoms with van der Waals surface area (Å²) >= 11 is 0. The first-order chi connectivity index (χ1) is 9.39. The zero-order valence-corrected chi connectivity index (χ0v) is 12.6. The molecule has 0 aromatic carbocycles. The predicted octanol–water partition coefficient (Wildman–Crippen LogP) is 2.42. The van der Waals surface area contributed by atoms with Crippen molar-refractivity contribution in [2.45, 2.75) is 39.9 Å². The second-order valence-electron chi connectivity index (χ2n) is 5.68. The van der Waals surface area contributed by atoms with Crippen LogP contribution in [0.3, 0.4) is 0 Å². The van der Waals surface area contributed by atoms with Crippen LogP contribution in [0.25, 0.3) is 0 Å². The molecule has 1 aromatic rings. The van der Waals surface area contributed by atoms with Crippen LogP contribution in [0, 0.1) is 19.8 Å². The van der Waals surface area contributed by atoms with Gasteiger partial charge in [0.05, 0.1) is 18.8 Å². The summed E-state index contributed by atoms with van der Waals surface area (Å²) in [5, 5.41) is 2.93. The molecule has 2 heterocycles. The number of amides is 1. The number of ether oxygens (including phenoxy) is 2. The standard InChI is InChI=1S/C15H23NO4/c1-10(8-15(4)18-5-6-19-15)9-16-14(17)13-7-11(2)20-12(13)3/h7,10H,5-6,8-9H2,1-4H3,(H,16,17)/t10-/m0/s1. The lowest BCUT2D eigenvalue weighted by atomic mass is 10.0. The maximum Gasteiger partial charge on any atom is 0.254 e. The highest BCUT2D eigenvalue weighted by Crippen LogP contribution is 2.26. The SMILES string of the molecule is Cc1cc(C(=O)NC[C@@H](C)CC2(C)OCCO2)c(C)o1. The number of hydrogen-bond donors (Lipinski definition) is 1. The van der Waals surface area contributed by atoms with E-state index in [0.29, 0.717) is 31.1 Å². The van der Waals surface area contributed by atoms with E-state index in [2.05, 4.69) is 12.2 Å². The second-order valence-corrected chi connectivity index (χ2v) is 5.68. The average Bonchev–Trinajstić information content (AvgIpc) is 2.92. The minimum Gasteiger partial charge on any atom is -0.466 e. The molecule has 1 aromatic heterocycles. The number of rotatable bonds is 5. The molecule has 2 rings (SSSR count). The molecule has 0 aliphatic carbocycles. The van der Waals surface area contributed by atoms with E-state index in [-0.39, 0.29) is 11.8 Å². The van der Waals surface area contributed by atoms with E-state index in [0.717, 1.165) is 12.2 Å². The van der Waals surface area contributed by atoms with Gasteiger partial charge in [-0.3, -0.25) is 4.79 Å². The molecule has 1 atom stereocenters. The first-order valence-electron chi connectivity index (χ1n) is 7.03. The fourth-order valence-corrected chi connectivity index (χ4v) is 2.60. The van der Waals surface area contributed by atoms with Gasteiger partial charge in [-0.25, -0.2) is 0 Å². The highest BCUT2D eigenvalue weighted by molar-refractivity contribution is 5.95. The zero-order chi connectivity index (χ0) is 14.8. The lowest BCUT2D eigenvalue weighted by molar-refractivity contribution is -0.153. The fourth-order valence-electron chi connectivity index (χ4n) is 2.60. The van der Waals surface area contributed by atoms with E-state index >= 15 is 0 Å². The van der Waals surface area contributed by atoms with Crippen LogP contribution in [0.15, 0.2) is 10.5 Å². The van der Waals surface area contributed by atoms with E-state index in [1.165, 1.54) is 0 Å². The Morgan fingerprint density at radius 2 is 2.05 bits per heavy atom. The fraction of sp³-hybridized carbons (Fsp3) is 0.667. The molecule has 112 valence electrons. The number of carbonyl (C=O) groups is 1. The third-order valence-corrected chi connectivity index (χ3v) is 3.51. The van der Waals surface area contributed by atoms with Crippen molar-refractivity contribution < 1.29 is 18.7 Å². The van der Waals surface area contributed by atoms with Gasteiger partial charge in [-0.15, -0.1) is 0 Å². The van der Waals surface area contributed by atoms with Crippen molar-refractivity contribution in [3.63, 3.8) is 0 Å². The smallest absolute Gasteiger partial charge is 0.254 e. The highest BCUT2D eigenvalue weighted by atomic mass is 16.7. The van der Waals surface area contributed by atoms with Crippen molar-refractivity contribution in [1.29, 1.82) is 0 Å². The summed E-state index contributed by atoms with van der Waals surface area (Å²) in [4.78, 5) is 12.1. The number of furan rings is 1. The quantitative estimate of drug-likeness (QED) is 0.900. The monoisotopic (exact) mass is 281 g/mol. The molecular weight excluding hydrogens is 258 g/mol. The topological polar surface area (TPSA) is 60.7 Å². The summed E-state index contributed by atoms with van der Waals surface area (Å²) in [6, 6.07) is 1.76. The number of hydrogen-bond acceptors (Lipinski definition) is 4. The van der Waals surface area contributed by atoms with Gasteiger partial charge >= 0.3 is 0 Å². The van der Waals surface area contributed by atoms with Gasteiger partial charge in [0.25, 0.3) is 5.91 Å². The van der Waals surface area contributed by atoms with Gasteiger partial charge in [0, 0.05) is 13.0 Å². The summed E-state index contributed by atoms with van der Waals surface area (Å²) in [6.07, 6.45) is 0.761. The Balaban J connectivity index is 1.82. The first kappa shape index (κ1) is 15.1. The Bertz CT molecular complexity index is 474. The van der Waals surface area contributed by atoms with Crippen LogP contribution in [0.4, 0.5) is 0 Å². The maximum absolute atomic E-state index is 12.1. The number of aryl methyl sites for hydroxylation is 2. The van der Waals surface area contributed by atoms with Crippen molar-refractivity contribution in [2.75, 3.05) is 19.8 Å². The van der Waals surface area contributed by atoms with Gasteiger partial charge in [-0.1, -0.05) is 6.92 Å². The van der Waals surface area contributed by atoms with Gasteiger partial charge in [0.1, 0.15) is 11.5 Å². The lowest BCUT2D eigenvalue weighted by Gasteiger charge is -2.25. The molecule has 1 fully saturated rings. The molecule has 1 N–H and O–H groups in total. The van der Waals surface area contributed by atoms with Crippen LogP contribution < -0.4 is 5.32 Å². The van der Waals surface area contributed by atoms with Crippen molar-refractivity contribution in [1.82, 2.24) is 5.32 Å². The maximum atomic E-state index is 12.1. The summed E-state index contributed by atoms with van der Waals surface area (Å²) in [6.45, 7) is 9.53. The Kier molecular flexibility index (Phi) is 4.50. The Labute approximate surface area is 119 Å². The van der Waals surface area contributed by atoms with Gasteiger partial charge in [0.15, 0.2) is 5.79 Å². The van der Waals surface area contributed by atoms with Crippen molar-refractivity contribution in [3.05, 3.63) is 23.2 Å². The van der Waals surface area contributed by atoms with E-state index in [1.54, 1.807) is 13.0 Å². The summed E-state index contributed by atoms with van der Waals surface area (Å²) in [5.74, 6) is 1.08. The number of nitrogens with one attached hydrogen (secondary N) is 1. The summed E-state index contributed by atoms with van der Waals surface area (Å²) < 4.78 is 16.5. The lowest BCUT2D eigenvalue weighted by Crippen LogP contribution is -2.34. The molecule has 0 bridgehead atoms. The molecule has 0 unspecified atom stereocenters. The molecule has 0 spiro atoms. The Morgan fingerprint density at radius 3 is 2.60 bits per heavy atom. The summed E-state index contributed by atoms with van der Waals surface area (Å²) in [5.41, 5.74) is 0.606. The molecule has 1 amide bonds. The van der Waals surface area contributed by atoms with E-state index in [1.807, 2.05) is 13.8 Å². The molecule has 1 aliphatic rings. The largest absolute Gasteiger partial charge is 0.466 e. The number of carbonyl (C=O) groups excluding carboxylic acids is 1. The van der Waals surface area contributed by atoms with Gasteiger partial charge in [-0.2, -0.15) is 0 Å². The van der Waals surface area contributed by atoms with Gasteiger partial charge in [-0.05, 0) is 32.8 Å². The summed E-state index contributed by atoms with van der Waals surface area (Å²) in [7, 11) is 0. The van der Waals surface area contributed by atoms with Crippen LogP contribution in [0.1, 0.15) is 42.1 Å². The van der Waals surface area contributed by atoms with E-state index in [9.17, 15) is 4.79 Å². The Hall–Kier alpha value is -1.33. The van der Waals surface area contributed by atoms with E-state index in [4.69, 9.17) is 13.9 Å². The van der Waals surface area contributed by atoms with E-state index < -0.39 is 5.79 Å². The van der Waals surface area contributed by atoms with Gasteiger partial charge in [0.2, 0.25) is 0 Å². The molecule has 20 heavy (non-hydrogen) atoms. The average molecular weight is 281 g/mol.